The summed E-state index contributed by atoms with van der Waals surface area (Å²) in [6.07, 6.45) is 2.00. The Morgan fingerprint density at radius 3 is 2.51 bits per heavy atom. The zero-order chi connectivity index (χ0) is 24.8. The van der Waals surface area contributed by atoms with Gasteiger partial charge in [-0.25, -0.2) is 4.68 Å². The Morgan fingerprint density at radius 2 is 1.83 bits per heavy atom. The van der Waals surface area contributed by atoms with Crippen LogP contribution in [-0.2, 0) is 18.3 Å². The third-order valence-corrected chi connectivity index (χ3v) is 6.08. The minimum atomic E-state index is -0.559. The van der Waals surface area contributed by atoms with Crippen LogP contribution in [0.3, 0.4) is 0 Å². The molecular weight excluding hydrogens is 442 g/mol. The normalized spacial score (nSPS) is 14.5. The highest BCUT2D eigenvalue weighted by Gasteiger charge is 2.28. The van der Waals surface area contributed by atoms with Crippen LogP contribution in [-0.4, -0.2) is 58.8 Å². The molecule has 0 radical (unpaired) electrons. The molecular formula is C28H37N3O4. The monoisotopic (exact) mass is 479 g/mol. The number of nitrogens with zero attached hydrogens (tertiary/aromatic N) is 3. The van der Waals surface area contributed by atoms with Gasteiger partial charge in [-0.2, -0.15) is 5.10 Å². The fourth-order valence-corrected chi connectivity index (χ4v) is 4.17. The summed E-state index contributed by atoms with van der Waals surface area (Å²) in [5.41, 5.74) is 2.92. The molecule has 7 heteroatoms. The Morgan fingerprint density at radius 1 is 1.09 bits per heavy atom. The van der Waals surface area contributed by atoms with E-state index in [-0.39, 0.29) is 6.10 Å². The lowest BCUT2D eigenvalue weighted by Gasteiger charge is -2.26. The average Bonchev–Trinajstić information content (AvgIpc) is 3.62. The summed E-state index contributed by atoms with van der Waals surface area (Å²) in [6, 6.07) is 17.8. The average molecular weight is 480 g/mol. The molecule has 1 saturated carbocycles. The third kappa shape index (κ3) is 7.07. The number of aliphatic hydroxyl groups excluding tert-OH is 1. The number of hydrogen-bond acceptors (Lipinski definition) is 6. The van der Waals surface area contributed by atoms with Crippen molar-refractivity contribution in [2.45, 2.75) is 45.4 Å². The van der Waals surface area contributed by atoms with Crippen molar-refractivity contribution in [1.82, 2.24) is 14.7 Å². The smallest absolute Gasteiger partial charge is 0.222 e. The zero-order valence-electron chi connectivity index (χ0n) is 21.2. The van der Waals surface area contributed by atoms with Crippen LogP contribution in [0.4, 0.5) is 0 Å². The van der Waals surface area contributed by atoms with Gasteiger partial charge in [0.2, 0.25) is 5.88 Å². The van der Waals surface area contributed by atoms with Gasteiger partial charge in [0.25, 0.3) is 0 Å². The number of aryl methyl sites for hydroxylation is 1. The first-order valence-corrected chi connectivity index (χ1v) is 12.4. The number of hydrogen-bond donors (Lipinski definition) is 1. The van der Waals surface area contributed by atoms with E-state index in [4.69, 9.17) is 19.3 Å². The highest BCUT2D eigenvalue weighted by molar-refractivity contribution is 5.65. The molecule has 1 aliphatic rings. The predicted octanol–water partition coefficient (Wildman–Crippen LogP) is 4.89. The standard InChI is InChI=1S/C28H37N3O4/c1-20(2)34-19-23(32)17-31(16-21-13-14-21)18-26-27(22-9-6-5-7-10-22)29-30(3)28(26)35-25-12-8-11-24(15-25)33-4/h5-12,15,20-21,23,32H,13-14,16-19H2,1-4H3/t23-/m0/s1. The molecule has 1 aromatic heterocycles. The van der Waals surface area contributed by atoms with E-state index in [2.05, 4.69) is 17.0 Å². The van der Waals surface area contributed by atoms with Gasteiger partial charge < -0.3 is 19.3 Å². The van der Waals surface area contributed by atoms with Crippen molar-refractivity contribution in [1.29, 1.82) is 0 Å². The summed E-state index contributed by atoms with van der Waals surface area (Å²) >= 11 is 0. The van der Waals surface area contributed by atoms with Crippen LogP contribution in [0.1, 0.15) is 32.3 Å². The lowest BCUT2D eigenvalue weighted by atomic mass is 10.1. The van der Waals surface area contributed by atoms with Crippen LogP contribution in [0.2, 0.25) is 0 Å². The van der Waals surface area contributed by atoms with Gasteiger partial charge >= 0.3 is 0 Å². The van der Waals surface area contributed by atoms with Crippen LogP contribution < -0.4 is 9.47 Å². The van der Waals surface area contributed by atoms with Gasteiger partial charge in [0.1, 0.15) is 17.2 Å². The number of methoxy groups -OCH3 is 1. The molecule has 1 atom stereocenters. The van der Waals surface area contributed by atoms with Crippen LogP contribution in [0.15, 0.2) is 54.6 Å². The lowest BCUT2D eigenvalue weighted by molar-refractivity contribution is -0.0101. The highest BCUT2D eigenvalue weighted by atomic mass is 16.5. The molecule has 7 nitrogen and oxygen atoms in total. The van der Waals surface area contributed by atoms with Crippen LogP contribution in [0, 0.1) is 5.92 Å². The van der Waals surface area contributed by atoms with Crippen molar-refractivity contribution in [3.8, 4) is 28.6 Å². The summed E-state index contributed by atoms with van der Waals surface area (Å²) < 4.78 is 19.2. The van der Waals surface area contributed by atoms with Crippen molar-refractivity contribution >= 4 is 0 Å². The zero-order valence-corrected chi connectivity index (χ0v) is 21.2. The Bertz CT molecular complexity index is 1080. The molecule has 1 fully saturated rings. The second-order valence-corrected chi connectivity index (χ2v) is 9.58. The molecule has 188 valence electrons. The highest BCUT2D eigenvalue weighted by Crippen LogP contribution is 2.36. The molecule has 1 heterocycles. The molecule has 1 N–H and O–H groups in total. The van der Waals surface area contributed by atoms with Crippen molar-refractivity contribution in [2.75, 3.05) is 26.8 Å². The van der Waals surface area contributed by atoms with Crippen molar-refractivity contribution < 1.29 is 19.3 Å². The largest absolute Gasteiger partial charge is 0.497 e. The van der Waals surface area contributed by atoms with E-state index in [9.17, 15) is 5.11 Å². The summed E-state index contributed by atoms with van der Waals surface area (Å²) in [5, 5.41) is 15.6. The summed E-state index contributed by atoms with van der Waals surface area (Å²) in [5.74, 6) is 2.78. The van der Waals surface area contributed by atoms with Crippen LogP contribution in [0.5, 0.6) is 17.4 Å². The van der Waals surface area contributed by atoms with E-state index in [0.29, 0.717) is 37.2 Å². The Hall–Kier alpha value is -2.87. The van der Waals surface area contributed by atoms with Gasteiger partial charge in [-0.05, 0) is 44.7 Å². The number of aromatic nitrogens is 2. The molecule has 0 unspecified atom stereocenters. The molecule has 35 heavy (non-hydrogen) atoms. The summed E-state index contributed by atoms with van der Waals surface area (Å²) in [7, 11) is 3.55. The second-order valence-electron chi connectivity index (χ2n) is 9.58. The fraction of sp³-hybridized carbons (Fsp3) is 0.464. The molecule has 0 spiro atoms. The predicted molar refractivity (Wildman–Crippen MR) is 137 cm³/mol. The third-order valence-electron chi connectivity index (χ3n) is 6.08. The topological polar surface area (TPSA) is 69.0 Å². The van der Waals surface area contributed by atoms with Gasteiger partial charge in [0.15, 0.2) is 0 Å². The van der Waals surface area contributed by atoms with E-state index < -0.39 is 6.10 Å². The maximum Gasteiger partial charge on any atom is 0.222 e. The van der Waals surface area contributed by atoms with Crippen molar-refractivity contribution in [3.05, 3.63) is 60.2 Å². The van der Waals surface area contributed by atoms with Gasteiger partial charge in [0.05, 0.1) is 31.5 Å². The Labute approximate surface area is 208 Å². The molecule has 0 aliphatic heterocycles. The first-order chi connectivity index (χ1) is 16.9. The second kappa shape index (κ2) is 11.7. The Kier molecular flexibility index (Phi) is 8.44. The molecule has 0 saturated heterocycles. The maximum absolute atomic E-state index is 10.7. The molecule has 2 aromatic carbocycles. The van der Waals surface area contributed by atoms with Crippen molar-refractivity contribution in [3.63, 3.8) is 0 Å². The van der Waals surface area contributed by atoms with Gasteiger partial charge in [-0.3, -0.25) is 4.90 Å². The number of benzene rings is 2. The van der Waals surface area contributed by atoms with Crippen molar-refractivity contribution in [2.24, 2.45) is 13.0 Å². The first-order valence-electron chi connectivity index (χ1n) is 12.4. The molecule has 0 amide bonds. The van der Waals surface area contributed by atoms with E-state index in [1.165, 1.54) is 12.8 Å². The quantitative estimate of drug-likeness (QED) is 0.377. The molecule has 0 bridgehead atoms. The van der Waals surface area contributed by atoms with Gasteiger partial charge in [0, 0.05) is 38.3 Å². The van der Waals surface area contributed by atoms with Crippen LogP contribution in [0.25, 0.3) is 11.3 Å². The van der Waals surface area contributed by atoms with Crippen LogP contribution >= 0.6 is 0 Å². The minimum absolute atomic E-state index is 0.0902. The number of rotatable bonds is 13. The number of ether oxygens (including phenoxy) is 3. The SMILES string of the molecule is COc1cccc(Oc2c(CN(CC3CC3)C[C@H](O)COC(C)C)c(-c3ccccc3)nn2C)c1. The number of aliphatic hydroxyl groups is 1. The first kappa shape index (κ1) is 25.2. The minimum Gasteiger partial charge on any atom is -0.497 e. The Balaban J connectivity index is 1.65. The molecule has 3 aromatic rings. The lowest BCUT2D eigenvalue weighted by Crippen LogP contribution is -2.36. The van der Waals surface area contributed by atoms with E-state index in [1.807, 2.05) is 63.4 Å². The summed E-state index contributed by atoms with van der Waals surface area (Å²) in [4.78, 5) is 2.31. The van der Waals surface area contributed by atoms with E-state index in [1.54, 1.807) is 11.8 Å². The maximum atomic E-state index is 10.7. The summed E-state index contributed by atoms with van der Waals surface area (Å²) in [6.45, 7) is 6.37. The van der Waals surface area contributed by atoms with E-state index >= 15 is 0 Å². The van der Waals surface area contributed by atoms with E-state index in [0.717, 1.165) is 29.1 Å². The van der Waals surface area contributed by atoms with Gasteiger partial charge in [-0.15, -0.1) is 0 Å². The molecule has 4 rings (SSSR count). The van der Waals surface area contributed by atoms with Gasteiger partial charge in [-0.1, -0.05) is 36.4 Å². The fourth-order valence-electron chi connectivity index (χ4n) is 4.17. The molecule has 1 aliphatic carbocycles.